The molecule has 0 aromatic heterocycles. The summed E-state index contributed by atoms with van der Waals surface area (Å²) in [4.78, 5) is 0. The number of rotatable bonds is 42. The molecule has 0 aromatic carbocycles. The van der Waals surface area contributed by atoms with Gasteiger partial charge in [-0.1, -0.05) is 185 Å². The molecule has 7 N–H and O–H groups in total. The highest BCUT2D eigenvalue weighted by molar-refractivity contribution is 7.80. The predicted molar refractivity (Wildman–Crippen MR) is 280 cm³/mol. The fraction of sp³-hybridized carbons (Fsp3) is 1.00. The molecule has 2 saturated heterocycles. The third-order valence-electron chi connectivity index (χ3n) is 15.2. The molecular formula is C55H108O16S. The van der Waals surface area contributed by atoms with Gasteiger partial charge < -0.3 is 59.1 Å². The van der Waals surface area contributed by atoms with Crippen LogP contribution in [0.4, 0.5) is 0 Å². The molecule has 2 aliphatic heterocycles. The minimum atomic E-state index is -4.96. The molecule has 0 bridgehead atoms. The zero-order valence-electron chi connectivity index (χ0n) is 46.6. The maximum Gasteiger partial charge on any atom is 0.397 e. The Bertz CT molecular complexity index is 1440. The van der Waals surface area contributed by atoms with E-state index in [9.17, 15) is 39.1 Å². The molecule has 17 atom stereocenters. The van der Waals surface area contributed by atoms with Gasteiger partial charge in [0.05, 0.1) is 26.4 Å². The molecule has 2 rings (SSSR count). The van der Waals surface area contributed by atoms with Gasteiger partial charge in [-0.3, -0.25) is 4.55 Å². The molecule has 430 valence electrons. The van der Waals surface area contributed by atoms with Gasteiger partial charge in [0.25, 0.3) is 0 Å². The highest BCUT2D eigenvalue weighted by Crippen LogP contribution is 2.31. The number of hydrogen-bond acceptors (Lipinski definition) is 15. The standard InChI is InChI=1S/C55H108O16S/c1-37(2)17-11-19-39(5)21-13-23-41(7)25-15-27-43(9)29-31-65-34-45(66-32-30-44(10)28-16-26-42(8)24-14-22-40(6)20-12-18-38(3)4)35-67-55-53(51(60)48(57)46(33-56)69-55)71-54-52(61)50(59)49(58)47(70-54)36-68-72(62,63)64/h37-61H,11-36H2,1-10H3,(H,62,63,64)/t39?,40?,41?,42?,43?,44?,45-,46-,47-,48-,49-,50+,51+,52+,53-,54-,55+/m1/s1. The molecule has 0 radical (unpaired) electrons. The van der Waals surface area contributed by atoms with Gasteiger partial charge >= 0.3 is 10.4 Å². The first-order valence-electron chi connectivity index (χ1n) is 28.4. The van der Waals surface area contributed by atoms with Gasteiger partial charge in [-0.25, -0.2) is 4.18 Å². The predicted octanol–water partition coefficient (Wildman–Crippen LogP) is 8.79. The number of aliphatic hydroxyl groups is 6. The van der Waals surface area contributed by atoms with Crippen LogP contribution in [0.25, 0.3) is 0 Å². The summed E-state index contributed by atoms with van der Waals surface area (Å²) in [6.45, 7) is 22.6. The summed E-state index contributed by atoms with van der Waals surface area (Å²) in [6, 6.07) is 0. The van der Waals surface area contributed by atoms with Crippen LogP contribution in [-0.4, -0.2) is 151 Å². The lowest BCUT2D eigenvalue weighted by Gasteiger charge is -2.46. The van der Waals surface area contributed by atoms with Crippen LogP contribution in [0, 0.1) is 47.3 Å². The summed E-state index contributed by atoms with van der Waals surface area (Å²) >= 11 is 0. The number of ether oxygens (including phenoxy) is 6. The first kappa shape index (κ1) is 67.5. The van der Waals surface area contributed by atoms with Crippen LogP contribution >= 0.6 is 0 Å². The SMILES string of the molecule is CC(C)CCCC(C)CCCC(C)CCCC(C)CCOC[C@H](CO[C@H]1O[C@H](CO)[C@@H](O)[C@H](O)[C@H]1O[C@H]1O[C@H](COS(=O)(=O)O)[C@@H](O)[C@H](O)[C@@H]1O)OCCC(C)CCCC(C)CCCC(C)CCCC(C)C. The average Bonchev–Trinajstić information content (AvgIpc) is 3.30. The van der Waals surface area contributed by atoms with Gasteiger partial charge in [0.15, 0.2) is 12.6 Å². The van der Waals surface area contributed by atoms with Crippen LogP contribution in [0.3, 0.4) is 0 Å². The van der Waals surface area contributed by atoms with Crippen molar-refractivity contribution in [3.63, 3.8) is 0 Å². The Labute approximate surface area is 437 Å². The first-order valence-corrected chi connectivity index (χ1v) is 29.8. The molecule has 17 heteroatoms. The van der Waals surface area contributed by atoms with Crippen molar-refractivity contribution in [1.82, 2.24) is 0 Å². The van der Waals surface area contributed by atoms with E-state index in [1.165, 1.54) is 96.3 Å². The van der Waals surface area contributed by atoms with Crippen LogP contribution < -0.4 is 0 Å². The lowest BCUT2D eigenvalue weighted by atomic mass is 9.91. The van der Waals surface area contributed by atoms with E-state index in [1.54, 1.807) is 0 Å². The van der Waals surface area contributed by atoms with Gasteiger partial charge in [0.2, 0.25) is 0 Å². The minimum absolute atomic E-state index is 0.113. The Morgan fingerprint density at radius 2 is 0.875 bits per heavy atom. The van der Waals surface area contributed by atoms with E-state index in [0.717, 1.165) is 55.8 Å². The summed E-state index contributed by atoms with van der Waals surface area (Å²) in [5.41, 5.74) is 0. The zero-order valence-corrected chi connectivity index (χ0v) is 47.4. The van der Waals surface area contributed by atoms with Crippen LogP contribution in [0.15, 0.2) is 0 Å². The quantitative estimate of drug-likeness (QED) is 0.0223. The van der Waals surface area contributed by atoms with Crippen LogP contribution in [0.1, 0.15) is 198 Å². The average molecular weight is 1060 g/mol. The molecule has 0 aromatic rings. The van der Waals surface area contributed by atoms with Crippen molar-refractivity contribution in [2.75, 3.05) is 39.6 Å². The Morgan fingerprint density at radius 1 is 0.472 bits per heavy atom. The van der Waals surface area contributed by atoms with E-state index in [-0.39, 0.29) is 13.2 Å². The molecule has 6 unspecified atom stereocenters. The second-order valence-electron chi connectivity index (χ2n) is 23.5. The summed E-state index contributed by atoms with van der Waals surface area (Å²) < 4.78 is 71.9. The maximum absolute atomic E-state index is 11.2. The molecule has 2 fully saturated rings. The molecular weight excluding hydrogens is 949 g/mol. The van der Waals surface area contributed by atoms with Gasteiger partial charge in [-0.05, 0) is 60.2 Å². The van der Waals surface area contributed by atoms with Crippen molar-refractivity contribution in [2.45, 2.75) is 265 Å². The molecule has 2 heterocycles. The Hall–Kier alpha value is -0.610. The monoisotopic (exact) mass is 1060 g/mol. The Morgan fingerprint density at radius 3 is 1.31 bits per heavy atom. The van der Waals surface area contributed by atoms with Crippen LogP contribution in [0.5, 0.6) is 0 Å². The molecule has 16 nitrogen and oxygen atoms in total. The second-order valence-corrected chi connectivity index (χ2v) is 24.6. The van der Waals surface area contributed by atoms with E-state index >= 15 is 0 Å². The third-order valence-corrected chi connectivity index (χ3v) is 15.6. The third kappa shape index (κ3) is 29.2. The fourth-order valence-corrected chi connectivity index (χ4v) is 10.3. The van der Waals surface area contributed by atoms with Crippen molar-refractivity contribution < 1.29 is 76.2 Å². The lowest BCUT2D eigenvalue weighted by molar-refractivity contribution is -0.368. The summed E-state index contributed by atoms with van der Waals surface area (Å²) in [7, 11) is -4.96. The van der Waals surface area contributed by atoms with Gasteiger partial charge in [0.1, 0.15) is 54.9 Å². The van der Waals surface area contributed by atoms with Crippen molar-refractivity contribution in [1.29, 1.82) is 0 Å². The van der Waals surface area contributed by atoms with E-state index in [2.05, 4.69) is 73.4 Å². The highest BCUT2D eigenvalue weighted by atomic mass is 32.3. The molecule has 72 heavy (non-hydrogen) atoms. The van der Waals surface area contributed by atoms with Crippen molar-refractivity contribution in [3.05, 3.63) is 0 Å². The highest BCUT2D eigenvalue weighted by Gasteiger charge is 2.51. The minimum Gasteiger partial charge on any atom is -0.394 e. The first-order chi connectivity index (χ1) is 34.0. The summed E-state index contributed by atoms with van der Waals surface area (Å²) in [6.07, 6.45) is 6.83. The van der Waals surface area contributed by atoms with Crippen LogP contribution in [-0.2, 0) is 43.0 Å². The molecule has 0 saturated carbocycles. The van der Waals surface area contributed by atoms with E-state index in [1.807, 2.05) is 0 Å². The maximum atomic E-state index is 11.2. The number of hydrogen-bond donors (Lipinski definition) is 7. The molecule has 0 aliphatic carbocycles. The molecule has 2 aliphatic rings. The smallest absolute Gasteiger partial charge is 0.394 e. The van der Waals surface area contributed by atoms with E-state index in [0.29, 0.717) is 36.9 Å². The van der Waals surface area contributed by atoms with Gasteiger partial charge in [-0.2, -0.15) is 8.42 Å². The molecule has 0 spiro atoms. The zero-order chi connectivity index (χ0) is 53.8. The summed E-state index contributed by atoms with van der Waals surface area (Å²) in [5, 5.41) is 63.9. The largest absolute Gasteiger partial charge is 0.397 e. The van der Waals surface area contributed by atoms with E-state index < -0.39 is 91.1 Å². The van der Waals surface area contributed by atoms with Crippen molar-refractivity contribution >= 4 is 10.4 Å². The second kappa shape index (κ2) is 37.2. The Balaban J connectivity index is 2.00. The molecule has 0 amide bonds. The summed E-state index contributed by atoms with van der Waals surface area (Å²) in [5.74, 6) is 5.46. The lowest BCUT2D eigenvalue weighted by Crippen LogP contribution is -2.64. The van der Waals surface area contributed by atoms with E-state index in [4.69, 9.17) is 33.0 Å². The van der Waals surface area contributed by atoms with Crippen molar-refractivity contribution in [2.24, 2.45) is 47.3 Å². The number of aliphatic hydroxyl groups excluding tert-OH is 6. The fourth-order valence-electron chi connectivity index (χ4n) is 9.97. The van der Waals surface area contributed by atoms with Crippen LogP contribution in [0.2, 0.25) is 0 Å². The van der Waals surface area contributed by atoms with Crippen molar-refractivity contribution in [3.8, 4) is 0 Å². The van der Waals surface area contributed by atoms with Gasteiger partial charge in [-0.15, -0.1) is 0 Å². The normalized spacial score (nSPS) is 28.3. The van der Waals surface area contributed by atoms with Gasteiger partial charge in [0, 0.05) is 13.2 Å². The Kier molecular flexibility index (Phi) is 34.9. The topological polar surface area (TPSA) is 240 Å².